The van der Waals surface area contributed by atoms with Crippen LogP contribution in [0.4, 0.5) is 14.6 Å². The van der Waals surface area contributed by atoms with Crippen molar-refractivity contribution >= 4 is 11.3 Å². The quantitative estimate of drug-likeness (QED) is 0.496. The molecule has 0 spiro atoms. The highest BCUT2D eigenvalue weighted by molar-refractivity contribution is 5.85. The maximum atomic E-state index is 14.0. The number of hydrogen-bond acceptors (Lipinski definition) is 6. The van der Waals surface area contributed by atoms with E-state index in [0.29, 0.717) is 42.0 Å². The topological polar surface area (TPSA) is 86.7 Å². The minimum absolute atomic E-state index is 0.0722. The Morgan fingerprint density at radius 1 is 1.21 bits per heavy atom. The van der Waals surface area contributed by atoms with E-state index in [-0.39, 0.29) is 28.8 Å². The summed E-state index contributed by atoms with van der Waals surface area (Å²) in [4.78, 5) is 6.49. The van der Waals surface area contributed by atoms with Gasteiger partial charge in [-0.15, -0.1) is 5.10 Å². The normalized spacial score (nSPS) is 13.7. The molecule has 3 aromatic heterocycles. The van der Waals surface area contributed by atoms with Crippen molar-refractivity contribution in [1.82, 2.24) is 14.6 Å². The summed E-state index contributed by atoms with van der Waals surface area (Å²) in [7, 11) is 0. The van der Waals surface area contributed by atoms with Crippen LogP contribution in [-0.2, 0) is 6.42 Å². The third-order valence-corrected chi connectivity index (χ3v) is 5.72. The van der Waals surface area contributed by atoms with Crippen molar-refractivity contribution in [2.45, 2.75) is 19.4 Å². The van der Waals surface area contributed by atoms with Crippen molar-refractivity contribution in [2.75, 3.05) is 18.0 Å². The molecule has 0 unspecified atom stereocenters. The number of benzene rings is 1. The Balaban J connectivity index is 1.32. The van der Waals surface area contributed by atoms with Crippen LogP contribution in [-0.4, -0.2) is 38.9 Å². The number of nitrogens with zero attached hydrogens (tertiary/aromatic N) is 5. The number of ether oxygens (including phenoxy) is 1. The Labute approximate surface area is 188 Å². The monoisotopic (exact) mass is 447 g/mol. The van der Waals surface area contributed by atoms with Gasteiger partial charge in [-0.25, -0.2) is 13.9 Å². The van der Waals surface area contributed by atoms with Gasteiger partial charge in [0.15, 0.2) is 0 Å². The van der Waals surface area contributed by atoms with Crippen LogP contribution in [0.25, 0.3) is 16.6 Å². The van der Waals surface area contributed by atoms with Gasteiger partial charge in [0.05, 0.1) is 24.8 Å². The average Bonchev–Trinajstić information content (AvgIpc) is 3.10. The van der Waals surface area contributed by atoms with Gasteiger partial charge in [0.1, 0.15) is 40.9 Å². The lowest BCUT2D eigenvalue weighted by atomic mass is 10.0. The van der Waals surface area contributed by atoms with E-state index >= 15 is 0 Å². The summed E-state index contributed by atoms with van der Waals surface area (Å²) in [5, 5.41) is 23.0. The maximum Gasteiger partial charge on any atom is 0.251 e. The molecule has 9 heteroatoms. The number of pyridine rings is 2. The SMILES string of the molecule is CCc1ccc(OC2CN(c3ccc(-c4cc(O)cn5nc(F)c(C#N)c45)cn3)C2)cc1F. The third-order valence-electron chi connectivity index (χ3n) is 5.72. The van der Waals surface area contributed by atoms with Crippen molar-refractivity contribution in [3.05, 3.63) is 71.7 Å². The van der Waals surface area contributed by atoms with Gasteiger partial charge in [-0.1, -0.05) is 13.0 Å². The molecule has 0 radical (unpaired) electrons. The highest BCUT2D eigenvalue weighted by atomic mass is 19.1. The van der Waals surface area contributed by atoms with Crippen molar-refractivity contribution in [3.63, 3.8) is 0 Å². The summed E-state index contributed by atoms with van der Waals surface area (Å²) in [6.07, 6.45) is 3.40. The second-order valence-electron chi connectivity index (χ2n) is 7.84. The zero-order chi connectivity index (χ0) is 23.1. The molecular weight excluding hydrogens is 428 g/mol. The Kier molecular flexibility index (Phi) is 5.05. The fourth-order valence-corrected chi connectivity index (χ4v) is 3.97. The first-order valence-corrected chi connectivity index (χ1v) is 10.4. The van der Waals surface area contributed by atoms with Gasteiger partial charge >= 0.3 is 0 Å². The second-order valence-corrected chi connectivity index (χ2v) is 7.84. The first kappa shape index (κ1) is 20.7. The maximum absolute atomic E-state index is 14.0. The summed E-state index contributed by atoms with van der Waals surface area (Å²) in [5.74, 6) is -0.0408. The highest BCUT2D eigenvalue weighted by Crippen LogP contribution is 2.32. The molecule has 0 aliphatic carbocycles. The number of rotatable bonds is 5. The Morgan fingerprint density at radius 2 is 2.03 bits per heavy atom. The largest absolute Gasteiger partial charge is 0.506 e. The predicted octanol–water partition coefficient (Wildman–Crippen LogP) is 4.08. The van der Waals surface area contributed by atoms with E-state index in [0.717, 1.165) is 10.3 Å². The van der Waals surface area contributed by atoms with E-state index in [1.165, 1.54) is 18.3 Å². The van der Waals surface area contributed by atoms with Crippen LogP contribution in [0.2, 0.25) is 0 Å². The van der Waals surface area contributed by atoms with Crippen LogP contribution in [0.3, 0.4) is 0 Å². The summed E-state index contributed by atoms with van der Waals surface area (Å²) < 4.78 is 35.0. The zero-order valence-corrected chi connectivity index (χ0v) is 17.7. The van der Waals surface area contributed by atoms with E-state index in [1.807, 2.05) is 17.9 Å². The van der Waals surface area contributed by atoms with Gasteiger partial charge in [-0.3, -0.25) is 0 Å². The molecule has 5 rings (SSSR count). The summed E-state index contributed by atoms with van der Waals surface area (Å²) in [6, 6.07) is 11.8. The van der Waals surface area contributed by atoms with Gasteiger partial charge in [0.25, 0.3) is 5.95 Å². The number of hydrogen-bond donors (Lipinski definition) is 1. The Hall–Kier alpha value is -4.19. The van der Waals surface area contributed by atoms with Crippen molar-refractivity contribution in [2.24, 2.45) is 0 Å². The van der Waals surface area contributed by atoms with Crippen molar-refractivity contribution < 1.29 is 18.6 Å². The van der Waals surface area contributed by atoms with E-state index in [1.54, 1.807) is 30.5 Å². The molecule has 1 saturated heterocycles. The number of aryl methyl sites for hydroxylation is 1. The predicted molar refractivity (Wildman–Crippen MR) is 117 cm³/mol. The molecular formula is C24H19F2N5O2. The van der Waals surface area contributed by atoms with Gasteiger partial charge in [-0.2, -0.15) is 9.65 Å². The lowest BCUT2D eigenvalue weighted by Crippen LogP contribution is -2.54. The highest BCUT2D eigenvalue weighted by Gasteiger charge is 2.30. The minimum Gasteiger partial charge on any atom is -0.506 e. The van der Waals surface area contributed by atoms with E-state index in [9.17, 15) is 19.1 Å². The van der Waals surface area contributed by atoms with Crippen LogP contribution in [0, 0.1) is 23.1 Å². The molecule has 1 fully saturated rings. The second kappa shape index (κ2) is 8.06. The number of halogens is 2. The van der Waals surface area contributed by atoms with E-state index in [2.05, 4.69) is 10.1 Å². The first-order valence-electron chi connectivity index (χ1n) is 10.4. The number of aromatic nitrogens is 3. The fraction of sp³-hybridized carbons (Fsp3) is 0.208. The molecule has 1 N–H and O–H groups in total. The van der Waals surface area contributed by atoms with Crippen LogP contribution in [0.5, 0.6) is 11.5 Å². The van der Waals surface area contributed by atoms with Crippen molar-refractivity contribution in [3.8, 4) is 28.7 Å². The van der Waals surface area contributed by atoms with E-state index < -0.39 is 5.95 Å². The molecule has 0 atom stereocenters. The van der Waals surface area contributed by atoms with Gasteiger partial charge in [0.2, 0.25) is 0 Å². The number of aromatic hydroxyl groups is 1. The fourth-order valence-electron chi connectivity index (χ4n) is 3.97. The van der Waals surface area contributed by atoms with Crippen molar-refractivity contribution in [1.29, 1.82) is 5.26 Å². The van der Waals surface area contributed by atoms with Crippen LogP contribution in [0.15, 0.2) is 48.8 Å². The average molecular weight is 447 g/mol. The summed E-state index contributed by atoms with van der Waals surface area (Å²) in [5.41, 5.74) is 1.79. The molecule has 7 nitrogen and oxygen atoms in total. The molecule has 1 aliphatic heterocycles. The molecule has 0 saturated carbocycles. The lowest BCUT2D eigenvalue weighted by molar-refractivity contribution is 0.166. The lowest BCUT2D eigenvalue weighted by Gasteiger charge is -2.39. The van der Waals surface area contributed by atoms with Gasteiger partial charge < -0.3 is 14.7 Å². The standard InChI is InChI=1S/C24H19F2N5O2/c1-2-14-3-5-17(8-21(14)25)33-18-12-30(13-18)22-6-4-15(10-28-22)19-7-16(32)11-31-23(19)20(9-27)24(26)29-31/h3-8,10-11,18,32H,2,12-13H2,1H3. The molecule has 33 heavy (non-hydrogen) atoms. The molecule has 4 aromatic rings. The smallest absolute Gasteiger partial charge is 0.251 e. The summed E-state index contributed by atoms with van der Waals surface area (Å²) >= 11 is 0. The first-order chi connectivity index (χ1) is 16.0. The molecule has 4 heterocycles. The number of fused-ring (bicyclic) bond motifs is 1. The number of nitriles is 1. The van der Waals surface area contributed by atoms with Crippen LogP contribution in [0.1, 0.15) is 18.1 Å². The number of anilines is 1. The summed E-state index contributed by atoms with van der Waals surface area (Å²) in [6.45, 7) is 3.11. The zero-order valence-electron chi connectivity index (χ0n) is 17.7. The van der Waals surface area contributed by atoms with Crippen LogP contribution < -0.4 is 9.64 Å². The molecule has 1 aromatic carbocycles. The Morgan fingerprint density at radius 3 is 2.70 bits per heavy atom. The molecule has 166 valence electrons. The van der Waals surface area contributed by atoms with Crippen LogP contribution >= 0.6 is 0 Å². The Bertz CT molecular complexity index is 1390. The molecule has 1 aliphatic rings. The van der Waals surface area contributed by atoms with Gasteiger partial charge in [0, 0.05) is 23.4 Å². The van der Waals surface area contributed by atoms with Gasteiger partial charge in [-0.05, 0) is 36.2 Å². The minimum atomic E-state index is -0.898. The molecule has 0 amide bonds. The third kappa shape index (κ3) is 3.69. The molecule has 0 bridgehead atoms. The van der Waals surface area contributed by atoms with E-state index in [4.69, 9.17) is 4.74 Å².